The van der Waals surface area contributed by atoms with E-state index in [2.05, 4.69) is 25.9 Å². The van der Waals surface area contributed by atoms with E-state index in [1.165, 1.54) is 6.07 Å². The van der Waals surface area contributed by atoms with Gasteiger partial charge in [-0.15, -0.1) is 0 Å². The molecule has 3 aromatic rings. The van der Waals surface area contributed by atoms with Crippen LogP contribution in [-0.2, 0) is 0 Å². The fourth-order valence-electron chi connectivity index (χ4n) is 1.99. The summed E-state index contributed by atoms with van der Waals surface area (Å²) in [5.74, 6) is 0.385. The standard InChI is InChI=1S/C14H10BrFN2/c1-8-4-2-7-11-13(8)18-14(17-11)9-5-3-6-10(16)12(9)15/h2-7H,1H3,(H,17,18). The van der Waals surface area contributed by atoms with Crippen LogP contribution in [0.15, 0.2) is 40.9 Å². The van der Waals surface area contributed by atoms with Crippen LogP contribution < -0.4 is 0 Å². The zero-order valence-corrected chi connectivity index (χ0v) is 11.3. The Labute approximate surface area is 112 Å². The Kier molecular flexibility index (Phi) is 2.67. The Balaban J connectivity index is 2.26. The van der Waals surface area contributed by atoms with E-state index < -0.39 is 0 Å². The van der Waals surface area contributed by atoms with E-state index >= 15 is 0 Å². The Hall–Kier alpha value is -1.68. The largest absolute Gasteiger partial charge is 0.338 e. The van der Waals surface area contributed by atoms with E-state index in [0.717, 1.165) is 22.2 Å². The third-order valence-electron chi connectivity index (χ3n) is 2.92. The van der Waals surface area contributed by atoms with Crippen molar-refractivity contribution in [3.63, 3.8) is 0 Å². The van der Waals surface area contributed by atoms with E-state index in [-0.39, 0.29) is 5.82 Å². The van der Waals surface area contributed by atoms with Gasteiger partial charge in [0.05, 0.1) is 15.5 Å². The number of nitrogens with zero attached hydrogens (tertiary/aromatic N) is 1. The van der Waals surface area contributed by atoms with Crippen molar-refractivity contribution in [3.05, 3.63) is 52.3 Å². The SMILES string of the molecule is Cc1cccc2[nH]c(-c3cccc(F)c3Br)nc12. The van der Waals surface area contributed by atoms with Gasteiger partial charge in [-0.3, -0.25) is 0 Å². The van der Waals surface area contributed by atoms with E-state index in [4.69, 9.17) is 0 Å². The molecule has 2 nitrogen and oxygen atoms in total. The Morgan fingerprint density at radius 3 is 2.72 bits per heavy atom. The highest BCUT2D eigenvalue weighted by molar-refractivity contribution is 9.10. The fraction of sp³-hybridized carbons (Fsp3) is 0.0714. The zero-order chi connectivity index (χ0) is 12.7. The van der Waals surface area contributed by atoms with Gasteiger partial charge in [-0.2, -0.15) is 0 Å². The molecule has 0 amide bonds. The molecule has 0 saturated heterocycles. The van der Waals surface area contributed by atoms with Gasteiger partial charge in [0, 0.05) is 5.56 Å². The number of aromatic amines is 1. The minimum atomic E-state index is -0.287. The van der Waals surface area contributed by atoms with Crippen molar-refractivity contribution in [2.75, 3.05) is 0 Å². The summed E-state index contributed by atoms with van der Waals surface area (Å²) in [6.45, 7) is 2.01. The lowest BCUT2D eigenvalue weighted by atomic mass is 10.2. The molecule has 0 saturated carbocycles. The summed E-state index contributed by atoms with van der Waals surface area (Å²) in [6.07, 6.45) is 0. The molecule has 0 unspecified atom stereocenters. The number of H-pyrrole nitrogens is 1. The minimum Gasteiger partial charge on any atom is -0.338 e. The number of para-hydroxylation sites is 1. The van der Waals surface area contributed by atoms with Crippen LogP contribution in [0.2, 0.25) is 0 Å². The quantitative estimate of drug-likeness (QED) is 0.707. The van der Waals surface area contributed by atoms with Crippen molar-refractivity contribution in [1.29, 1.82) is 0 Å². The van der Waals surface area contributed by atoms with Gasteiger partial charge in [0.25, 0.3) is 0 Å². The predicted octanol–water partition coefficient (Wildman–Crippen LogP) is 4.44. The van der Waals surface area contributed by atoms with Gasteiger partial charge >= 0.3 is 0 Å². The summed E-state index contributed by atoms with van der Waals surface area (Å²) < 4.78 is 13.9. The number of aromatic nitrogens is 2. The summed E-state index contributed by atoms with van der Waals surface area (Å²) in [5.41, 5.74) is 3.71. The molecule has 4 heteroatoms. The minimum absolute atomic E-state index is 0.287. The van der Waals surface area contributed by atoms with Crippen molar-refractivity contribution < 1.29 is 4.39 Å². The van der Waals surface area contributed by atoms with Gasteiger partial charge in [-0.05, 0) is 46.6 Å². The number of halogens is 2. The van der Waals surface area contributed by atoms with E-state index in [1.54, 1.807) is 6.07 Å². The zero-order valence-electron chi connectivity index (χ0n) is 9.67. The number of hydrogen-bond donors (Lipinski definition) is 1. The Morgan fingerprint density at radius 2 is 1.94 bits per heavy atom. The van der Waals surface area contributed by atoms with Crippen molar-refractivity contribution in [2.45, 2.75) is 6.92 Å². The summed E-state index contributed by atoms with van der Waals surface area (Å²) in [4.78, 5) is 7.75. The van der Waals surface area contributed by atoms with E-state index in [9.17, 15) is 4.39 Å². The van der Waals surface area contributed by atoms with Crippen LogP contribution in [0.5, 0.6) is 0 Å². The monoisotopic (exact) mass is 304 g/mol. The molecule has 0 aliphatic heterocycles. The number of imidazole rings is 1. The normalized spacial score (nSPS) is 11.1. The van der Waals surface area contributed by atoms with Gasteiger partial charge in [-0.25, -0.2) is 9.37 Å². The lowest BCUT2D eigenvalue weighted by molar-refractivity contribution is 0.621. The van der Waals surface area contributed by atoms with E-state index in [0.29, 0.717) is 10.3 Å². The molecule has 1 N–H and O–H groups in total. The van der Waals surface area contributed by atoms with Crippen LogP contribution in [0.25, 0.3) is 22.4 Å². The number of fused-ring (bicyclic) bond motifs is 1. The van der Waals surface area contributed by atoms with Crippen LogP contribution in [0.4, 0.5) is 4.39 Å². The van der Waals surface area contributed by atoms with Crippen LogP contribution in [-0.4, -0.2) is 9.97 Å². The van der Waals surface area contributed by atoms with Crippen molar-refractivity contribution in [2.24, 2.45) is 0 Å². The Bertz CT molecular complexity index is 734. The maximum Gasteiger partial charge on any atom is 0.139 e. The second-order valence-electron chi connectivity index (χ2n) is 4.16. The molecule has 90 valence electrons. The lowest BCUT2D eigenvalue weighted by Gasteiger charge is -2.00. The molecule has 18 heavy (non-hydrogen) atoms. The molecular weight excluding hydrogens is 295 g/mol. The summed E-state index contributed by atoms with van der Waals surface area (Å²) >= 11 is 3.26. The molecule has 1 aromatic heterocycles. The Morgan fingerprint density at radius 1 is 1.17 bits per heavy atom. The topological polar surface area (TPSA) is 28.7 Å². The summed E-state index contributed by atoms with van der Waals surface area (Å²) in [7, 11) is 0. The first-order valence-corrected chi connectivity index (χ1v) is 6.36. The molecule has 0 spiro atoms. The highest BCUT2D eigenvalue weighted by Crippen LogP contribution is 2.30. The second-order valence-corrected chi connectivity index (χ2v) is 4.95. The van der Waals surface area contributed by atoms with Crippen molar-refractivity contribution >= 4 is 27.0 Å². The maximum atomic E-state index is 13.5. The number of rotatable bonds is 1. The average molecular weight is 305 g/mol. The molecule has 3 rings (SSSR count). The highest BCUT2D eigenvalue weighted by atomic mass is 79.9. The number of benzene rings is 2. The average Bonchev–Trinajstić information content (AvgIpc) is 2.78. The van der Waals surface area contributed by atoms with Crippen LogP contribution in [0, 0.1) is 12.7 Å². The maximum absolute atomic E-state index is 13.5. The van der Waals surface area contributed by atoms with Crippen LogP contribution >= 0.6 is 15.9 Å². The smallest absolute Gasteiger partial charge is 0.139 e. The molecule has 0 radical (unpaired) electrons. The fourth-order valence-corrected chi connectivity index (χ4v) is 2.44. The van der Waals surface area contributed by atoms with Gasteiger partial charge < -0.3 is 4.98 Å². The molecule has 0 bridgehead atoms. The number of aryl methyl sites for hydroxylation is 1. The first-order chi connectivity index (χ1) is 8.66. The van der Waals surface area contributed by atoms with E-state index in [1.807, 2.05) is 31.2 Å². The number of hydrogen-bond acceptors (Lipinski definition) is 1. The lowest BCUT2D eigenvalue weighted by Crippen LogP contribution is -1.85. The number of nitrogens with one attached hydrogen (secondary N) is 1. The first-order valence-electron chi connectivity index (χ1n) is 5.56. The molecule has 0 atom stereocenters. The second kappa shape index (κ2) is 4.21. The third-order valence-corrected chi connectivity index (χ3v) is 3.73. The summed E-state index contributed by atoms with van der Waals surface area (Å²) in [6, 6.07) is 10.9. The first kappa shape index (κ1) is 11.4. The van der Waals surface area contributed by atoms with Gasteiger partial charge in [0.2, 0.25) is 0 Å². The van der Waals surface area contributed by atoms with Crippen molar-refractivity contribution in [1.82, 2.24) is 9.97 Å². The van der Waals surface area contributed by atoms with Gasteiger partial charge in [0.1, 0.15) is 11.6 Å². The summed E-state index contributed by atoms with van der Waals surface area (Å²) in [5, 5.41) is 0. The predicted molar refractivity (Wildman–Crippen MR) is 73.9 cm³/mol. The van der Waals surface area contributed by atoms with Crippen LogP contribution in [0.3, 0.4) is 0 Å². The highest BCUT2D eigenvalue weighted by Gasteiger charge is 2.12. The van der Waals surface area contributed by atoms with Gasteiger partial charge in [0.15, 0.2) is 0 Å². The molecule has 2 aromatic carbocycles. The third kappa shape index (κ3) is 1.73. The van der Waals surface area contributed by atoms with Crippen LogP contribution in [0.1, 0.15) is 5.56 Å². The molecule has 0 aliphatic rings. The van der Waals surface area contributed by atoms with Crippen molar-refractivity contribution in [3.8, 4) is 11.4 Å². The molecular formula is C14H10BrFN2. The molecule has 0 fully saturated rings. The molecule has 1 heterocycles. The van der Waals surface area contributed by atoms with Gasteiger partial charge in [-0.1, -0.05) is 18.2 Å². The molecule has 0 aliphatic carbocycles.